The predicted octanol–water partition coefficient (Wildman–Crippen LogP) is 8.18. The molecule has 1 aromatic heterocycles. The number of benzene rings is 2. The SMILES string of the molecule is CCCCN(C)CC(=O)N[C@H](C(=O)N(CCC)[C@H](C[C@@H](OCCC)c1nc(C(=O)N[C@@H](Cc2ccc(OC(=O)N(C)CCN(C)C(=O)OCc3ccc(NC(=O)[C@@H](CCCNC(N)=O)NC(=O)[C@H](NC(=O)CCCCCN4C(=O)C=CC4=O)C(C)C)cc3)cc2)C[C@H](C)C(=O)O)cs1)C(C)C)[C@@H](C)CC. The first kappa shape index (κ1) is 88.4. The number of anilines is 1. The van der Waals surface area contributed by atoms with Gasteiger partial charge < -0.3 is 71.7 Å². The number of carbonyl (C=O) groups is 12. The lowest BCUT2D eigenvalue weighted by molar-refractivity contribution is -0.142. The molecular weight excluding hydrogens is 1370 g/mol. The number of carbonyl (C=O) groups excluding carboxylic acids is 11. The summed E-state index contributed by atoms with van der Waals surface area (Å²) in [5, 5.41) is 29.0. The van der Waals surface area contributed by atoms with Crippen LogP contribution >= 0.6 is 11.3 Å². The van der Waals surface area contributed by atoms with Crippen LogP contribution in [0.3, 0.4) is 0 Å². The van der Waals surface area contributed by atoms with Crippen molar-refractivity contribution < 1.29 is 76.9 Å². The number of thiazole rings is 1. The molecule has 0 bridgehead atoms. The molecule has 0 aliphatic carbocycles. The third-order valence-electron chi connectivity index (χ3n) is 18.1. The lowest BCUT2D eigenvalue weighted by atomic mass is 9.92. The van der Waals surface area contributed by atoms with Crippen molar-refractivity contribution in [3.05, 3.63) is 87.9 Å². The number of rotatable bonds is 48. The van der Waals surface area contributed by atoms with Crippen LogP contribution in [-0.2, 0) is 60.9 Å². The molecule has 582 valence electrons. The summed E-state index contributed by atoms with van der Waals surface area (Å²) >= 11 is 1.27. The highest BCUT2D eigenvalue weighted by atomic mass is 32.1. The topological polar surface area (TPSA) is 380 Å². The van der Waals surface area contributed by atoms with Crippen molar-refractivity contribution in [3.63, 3.8) is 0 Å². The zero-order valence-corrected chi connectivity index (χ0v) is 64.4. The smallest absolute Gasteiger partial charge is 0.415 e. The molecule has 4 rings (SSSR count). The second-order valence-electron chi connectivity index (χ2n) is 27.7. The maximum absolute atomic E-state index is 14.8. The fraction of sp³-hybridized carbons (Fsp3) is 0.613. The number of hydrogen-bond acceptors (Lipinski definition) is 18. The zero-order valence-electron chi connectivity index (χ0n) is 63.6. The molecule has 2 aromatic carbocycles. The largest absolute Gasteiger partial charge is 0.481 e. The van der Waals surface area contributed by atoms with Gasteiger partial charge in [-0.1, -0.05) is 113 Å². The Bertz CT molecular complexity index is 3330. The number of amides is 12. The Morgan fingerprint density at radius 2 is 1.32 bits per heavy atom. The third-order valence-corrected chi connectivity index (χ3v) is 19.0. The van der Waals surface area contributed by atoms with Crippen LogP contribution in [0.25, 0.3) is 0 Å². The van der Waals surface area contributed by atoms with E-state index in [0.717, 1.165) is 24.3 Å². The van der Waals surface area contributed by atoms with Crippen LogP contribution in [0.15, 0.2) is 66.1 Å². The number of nitrogens with one attached hydrogen (secondary N) is 6. The monoisotopic (exact) mass is 1490 g/mol. The molecule has 1 aliphatic rings. The van der Waals surface area contributed by atoms with Gasteiger partial charge >= 0.3 is 24.2 Å². The molecule has 0 unspecified atom stereocenters. The fourth-order valence-electron chi connectivity index (χ4n) is 11.5. The Balaban J connectivity index is 1.31. The number of aromatic nitrogens is 1. The number of aliphatic carboxylic acids is 1. The summed E-state index contributed by atoms with van der Waals surface area (Å²) in [6, 6.07) is 8.49. The minimum absolute atomic E-state index is 0.0163. The van der Waals surface area contributed by atoms with Crippen LogP contribution in [0.4, 0.5) is 20.1 Å². The van der Waals surface area contributed by atoms with Gasteiger partial charge in [-0.05, 0) is 125 Å². The lowest BCUT2D eigenvalue weighted by Gasteiger charge is -2.39. The maximum Gasteiger partial charge on any atom is 0.415 e. The number of primary amides is 1. The predicted molar refractivity (Wildman–Crippen MR) is 399 cm³/mol. The van der Waals surface area contributed by atoms with Gasteiger partial charge in [0.05, 0.1) is 12.5 Å². The summed E-state index contributed by atoms with van der Waals surface area (Å²) in [7, 11) is 4.91. The molecule has 1 aliphatic heterocycles. The molecule has 29 nitrogen and oxygen atoms in total. The first-order valence-corrected chi connectivity index (χ1v) is 37.6. The van der Waals surface area contributed by atoms with E-state index in [1.54, 1.807) is 74.7 Å². The van der Waals surface area contributed by atoms with Gasteiger partial charge in [-0.15, -0.1) is 11.3 Å². The molecule has 12 amide bonds. The second kappa shape index (κ2) is 46.0. The van der Waals surface area contributed by atoms with E-state index in [4.69, 9.17) is 24.9 Å². The lowest BCUT2D eigenvalue weighted by Crippen LogP contribution is -2.56. The molecule has 0 saturated heterocycles. The Hall–Kier alpha value is -9.03. The highest BCUT2D eigenvalue weighted by Gasteiger charge is 2.38. The molecule has 30 heteroatoms. The summed E-state index contributed by atoms with van der Waals surface area (Å²) in [5.41, 5.74) is 7.00. The standard InChI is InChI=1S/C75H115N13O16S/c1-14-18-37-84(11)45-62(90)83-66(50(9)17-4)71(96)87(36-15-2)59(48(5)6)44-60(102-41-16-3)70-81-58(47-105-70)68(94)79-55(42-51(10)72(97)98)43-52-27-31-56(32-28-52)104-75(101)86(13)40-39-85(12)74(100)103-46-53-25-29-54(30-26-53)78-67(93)57(23-22-35-77-73(76)99)80-69(95)65(49(7)8)82-61(89)24-20-19-21-38-88-63(91)33-34-64(88)92/h25-34,47-51,55,57,59-60,65-66H,14-24,35-46H2,1-13H3,(H,78,93)(H,79,94)(H,80,95)(H,82,89)(H,83,90)(H,97,98)(H3,76,77,99)/t50-,51-,55+,57+,59+,60+,65+,66-/m0/s1. The number of nitrogens with zero attached hydrogens (tertiary/aromatic N) is 6. The fourth-order valence-corrected chi connectivity index (χ4v) is 12.4. The first-order chi connectivity index (χ1) is 49.9. The highest BCUT2D eigenvalue weighted by molar-refractivity contribution is 7.09. The minimum atomic E-state index is -1.10. The van der Waals surface area contributed by atoms with Crippen molar-refractivity contribution in [2.24, 2.45) is 29.4 Å². The van der Waals surface area contributed by atoms with Crippen LogP contribution in [0.1, 0.15) is 185 Å². The van der Waals surface area contributed by atoms with Crippen molar-refractivity contribution in [1.82, 2.24) is 56.1 Å². The third kappa shape index (κ3) is 30.9. The average molecular weight is 1490 g/mol. The van der Waals surface area contributed by atoms with Crippen molar-refractivity contribution >= 4 is 88.5 Å². The van der Waals surface area contributed by atoms with Crippen LogP contribution in [0.2, 0.25) is 0 Å². The van der Waals surface area contributed by atoms with Crippen molar-refractivity contribution in [2.45, 2.75) is 202 Å². The minimum Gasteiger partial charge on any atom is -0.481 e. The number of carboxylic acid groups (broad SMARTS) is 1. The Labute approximate surface area is 622 Å². The highest BCUT2D eigenvalue weighted by Crippen LogP contribution is 2.32. The van der Waals surface area contributed by atoms with Gasteiger partial charge in [-0.25, -0.2) is 19.4 Å². The second-order valence-corrected chi connectivity index (χ2v) is 28.6. The normalized spacial score (nSPS) is 14.3. The number of urea groups is 1. The molecular formula is C75H115N13O16S. The molecule has 0 saturated carbocycles. The summed E-state index contributed by atoms with van der Waals surface area (Å²) in [4.78, 5) is 169. The van der Waals surface area contributed by atoms with E-state index < -0.39 is 78.1 Å². The van der Waals surface area contributed by atoms with Gasteiger partial charge in [-0.2, -0.15) is 0 Å². The number of imide groups is 1. The van der Waals surface area contributed by atoms with Gasteiger partial charge in [0.2, 0.25) is 29.5 Å². The average Bonchev–Trinajstić information content (AvgIpc) is 1.32. The molecule has 3 aromatic rings. The van der Waals surface area contributed by atoms with E-state index in [1.165, 1.54) is 47.4 Å². The molecule has 105 heavy (non-hydrogen) atoms. The van der Waals surface area contributed by atoms with E-state index >= 15 is 0 Å². The van der Waals surface area contributed by atoms with E-state index in [1.807, 2.05) is 44.5 Å². The molecule has 8 atom stereocenters. The Morgan fingerprint density at radius 1 is 0.676 bits per heavy atom. The number of ether oxygens (including phenoxy) is 3. The number of unbranched alkanes of at least 4 members (excludes halogenated alkanes) is 3. The van der Waals surface area contributed by atoms with E-state index in [9.17, 15) is 62.6 Å². The van der Waals surface area contributed by atoms with Crippen molar-refractivity contribution in [1.29, 1.82) is 0 Å². The van der Waals surface area contributed by atoms with Crippen molar-refractivity contribution in [3.8, 4) is 5.75 Å². The van der Waals surface area contributed by atoms with Crippen LogP contribution in [0, 0.1) is 23.7 Å². The summed E-state index contributed by atoms with van der Waals surface area (Å²) in [5.74, 6) is -5.32. The van der Waals surface area contributed by atoms with Gasteiger partial charge in [0, 0.05) is 102 Å². The van der Waals surface area contributed by atoms with E-state index in [2.05, 4.69) is 52.7 Å². The Kier molecular flexibility index (Phi) is 38.7. The first-order valence-electron chi connectivity index (χ1n) is 36.7. The van der Waals surface area contributed by atoms with Crippen molar-refractivity contribution in [2.75, 3.05) is 78.9 Å². The van der Waals surface area contributed by atoms with Gasteiger partial charge in [0.25, 0.3) is 17.7 Å². The number of likely N-dealkylation sites (N-methyl/N-ethyl adjacent to an activating group) is 3. The van der Waals surface area contributed by atoms with Crippen LogP contribution < -0.4 is 42.4 Å². The molecule has 0 spiro atoms. The number of hydrogen-bond donors (Lipinski definition) is 8. The number of carboxylic acids is 1. The van der Waals surface area contributed by atoms with Crippen LogP contribution in [-0.4, -0.2) is 210 Å². The van der Waals surface area contributed by atoms with E-state index in [-0.39, 0.29) is 136 Å². The van der Waals surface area contributed by atoms with E-state index in [0.29, 0.717) is 79.9 Å². The quantitative estimate of drug-likeness (QED) is 0.0195. The molecule has 0 radical (unpaired) electrons. The van der Waals surface area contributed by atoms with Gasteiger partial charge in [-0.3, -0.25) is 53.0 Å². The van der Waals surface area contributed by atoms with Gasteiger partial charge in [0.1, 0.15) is 47.3 Å². The zero-order chi connectivity index (χ0) is 77.9. The Morgan fingerprint density at radius 3 is 1.92 bits per heavy atom. The summed E-state index contributed by atoms with van der Waals surface area (Å²) in [6.45, 7) is 21.4. The molecule has 0 fully saturated rings. The maximum atomic E-state index is 14.8. The van der Waals surface area contributed by atoms with Gasteiger partial charge in [0.15, 0.2) is 0 Å². The molecule has 9 N–H and O–H groups in total. The molecule has 2 heterocycles. The summed E-state index contributed by atoms with van der Waals surface area (Å²) < 4.78 is 17.7. The summed E-state index contributed by atoms with van der Waals surface area (Å²) in [6.07, 6.45) is 7.15. The van der Waals surface area contributed by atoms with Crippen LogP contribution in [0.5, 0.6) is 5.75 Å². The number of nitrogens with two attached hydrogens (primary N) is 1.